The normalized spacial score (nSPS) is 30.6. The largest absolute Gasteiger partial charge is 0.394 e. The maximum Gasteiger partial charge on any atom is 0.111 e. The van der Waals surface area contributed by atoms with Gasteiger partial charge in [0.25, 0.3) is 0 Å². The summed E-state index contributed by atoms with van der Waals surface area (Å²) >= 11 is 0. The zero-order valence-corrected chi connectivity index (χ0v) is 12.5. The van der Waals surface area contributed by atoms with Crippen molar-refractivity contribution in [3.8, 4) is 0 Å². The lowest BCUT2D eigenvalue weighted by atomic mass is 10.0. The zero-order chi connectivity index (χ0) is 14.8. The standard InChI is InChI=1S/C15H30O5/c1-2-3-4-5-6-7-8-9-19-13-11-20-12(10-16)14(17)15(13)18/h12-18H,2-11H2,1H3/t12-,13+,14-,15-/m0/s1. The van der Waals surface area contributed by atoms with Gasteiger partial charge in [0.1, 0.15) is 24.4 Å². The Hall–Kier alpha value is -0.200. The minimum Gasteiger partial charge on any atom is -0.394 e. The van der Waals surface area contributed by atoms with Crippen LogP contribution in [0.4, 0.5) is 0 Å². The maximum atomic E-state index is 9.87. The highest BCUT2D eigenvalue weighted by molar-refractivity contribution is 4.87. The van der Waals surface area contributed by atoms with Crippen LogP contribution in [0.25, 0.3) is 0 Å². The van der Waals surface area contributed by atoms with E-state index in [4.69, 9.17) is 14.6 Å². The minimum atomic E-state index is -1.08. The lowest BCUT2D eigenvalue weighted by molar-refractivity contribution is -0.208. The first-order valence-corrected chi connectivity index (χ1v) is 7.90. The molecule has 0 aromatic rings. The van der Waals surface area contributed by atoms with Crippen LogP contribution >= 0.6 is 0 Å². The van der Waals surface area contributed by atoms with E-state index in [1.165, 1.54) is 32.1 Å². The molecular formula is C15H30O5. The van der Waals surface area contributed by atoms with Crippen LogP contribution in [-0.4, -0.2) is 59.6 Å². The first-order valence-electron chi connectivity index (χ1n) is 7.90. The van der Waals surface area contributed by atoms with Crippen LogP contribution in [0.5, 0.6) is 0 Å². The highest BCUT2D eigenvalue weighted by Gasteiger charge is 2.38. The van der Waals surface area contributed by atoms with E-state index in [1.54, 1.807) is 0 Å². The van der Waals surface area contributed by atoms with E-state index >= 15 is 0 Å². The third kappa shape index (κ3) is 6.06. The van der Waals surface area contributed by atoms with E-state index in [9.17, 15) is 10.2 Å². The fraction of sp³-hybridized carbons (Fsp3) is 1.00. The molecular weight excluding hydrogens is 260 g/mol. The Morgan fingerprint density at radius 3 is 2.30 bits per heavy atom. The fourth-order valence-electron chi connectivity index (χ4n) is 2.46. The third-order valence-electron chi connectivity index (χ3n) is 3.85. The Morgan fingerprint density at radius 2 is 1.65 bits per heavy atom. The van der Waals surface area contributed by atoms with Gasteiger partial charge in [0.05, 0.1) is 13.2 Å². The van der Waals surface area contributed by atoms with E-state index in [-0.39, 0.29) is 13.2 Å². The molecule has 0 spiro atoms. The van der Waals surface area contributed by atoms with Crippen LogP contribution in [0.3, 0.4) is 0 Å². The summed E-state index contributed by atoms with van der Waals surface area (Å²) in [5, 5.41) is 28.6. The summed E-state index contributed by atoms with van der Waals surface area (Å²) in [6.07, 6.45) is 5.23. The molecule has 4 atom stereocenters. The molecule has 5 heteroatoms. The van der Waals surface area contributed by atoms with Crippen LogP contribution in [0, 0.1) is 0 Å². The van der Waals surface area contributed by atoms with Crippen molar-refractivity contribution in [2.24, 2.45) is 0 Å². The molecule has 1 saturated heterocycles. The van der Waals surface area contributed by atoms with Crippen molar-refractivity contribution in [2.45, 2.75) is 76.3 Å². The molecule has 120 valence electrons. The molecule has 0 aromatic heterocycles. The van der Waals surface area contributed by atoms with E-state index in [0.29, 0.717) is 6.61 Å². The molecule has 5 nitrogen and oxygen atoms in total. The summed E-state index contributed by atoms with van der Waals surface area (Å²) < 4.78 is 10.8. The number of ether oxygens (including phenoxy) is 2. The van der Waals surface area contributed by atoms with Crippen molar-refractivity contribution < 1.29 is 24.8 Å². The molecule has 0 unspecified atom stereocenters. The van der Waals surface area contributed by atoms with Gasteiger partial charge in [-0.3, -0.25) is 0 Å². The van der Waals surface area contributed by atoms with Gasteiger partial charge in [0.2, 0.25) is 0 Å². The number of hydrogen-bond donors (Lipinski definition) is 3. The van der Waals surface area contributed by atoms with Gasteiger partial charge in [0.15, 0.2) is 0 Å². The van der Waals surface area contributed by atoms with Gasteiger partial charge in [-0.2, -0.15) is 0 Å². The van der Waals surface area contributed by atoms with Gasteiger partial charge >= 0.3 is 0 Å². The number of aliphatic hydroxyl groups is 3. The average Bonchev–Trinajstić information content (AvgIpc) is 2.46. The highest BCUT2D eigenvalue weighted by atomic mass is 16.6. The second-order valence-corrected chi connectivity index (χ2v) is 5.57. The van der Waals surface area contributed by atoms with Gasteiger partial charge in [-0.1, -0.05) is 45.4 Å². The molecule has 0 aromatic carbocycles. The number of rotatable bonds is 10. The van der Waals surface area contributed by atoms with Crippen molar-refractivity contribution in [1.82, 2.24) is 0 Å². The SMILES string of the molecule is CCCCCCCCCO[C@@H]1CO[C@@H](CO)[C@H](O)[C@H]1O. The van der Waals surface area contributed by atoms with E-state index in [0.717, 1.165) is 12.8 Å². The second kappa shape index (κ2) is 10.5. The Balaban J connectivity index is 2.04. The van der Waals surface area contributed by atoms with E-state index in [2.05, 4.69) is 6.92 Å². The van der Waals surface area contributed by atoms with Crippen molar-refractivity contribution >= 4 is 0 Å². The molecule has 0 saturated carbocycles. The van der Waals surface area contributed by atoms with Crippen molar-refractivity contribution in [1.29, 1.82) is 0 Å². The highest BCUT2D eigenvalue weighted by Crippen LogP contribution is 2.18. The Kier molecular flexibility index (Phi) is 9.39. The van der Waals surface area contributed by atoms with Gasteiger partial charge in [-0.15, -0.1) is 0 Å². The number of hydrogen-bond acceptors (Lipinski definition) is 5. The zero-order valence-electron chi connectivity index (χ0n) is 12.5. The molecule has 0 bridgehead atoms. The summed E-state index contributed by atoms with van der Waals surface area (Å²) in [7, 11) is 0. The molecule has 1 fully saturated rings. The monoisotopic (exact) mass is 290 g/mol. The lowest BCUT2D eigenvalue weighted by Crippen LogP contribution is -2.55. The van der Waals surface area contributed by atoms with E-state index < -0.39 is 24.4 Å². The van der Waals surface area contributed by atoms with Crippen LogP contribution in [0.1, 0.15) is 51.9 Å². The van der Waals surface area contributed by atoms with Crippen LogP contribution < -0.4 is 0 Å². The predicted molar refractivity (Wildman–Crippen MR) is 76.6 cm³/mol. The molecule has 1 aliphatic heterocycles. The van der Waals surface area contributed by atoms with Crippen LogP contribution in [-0.2, 0) is 9.47 Å². The first-order chi connectivity index (χ1) is 9.70. The smallest absolute Gasteiger partial charge is 0.111 e. The second-order valence-electron chi connectivity index (χ2n) is 5.57. The van der Waals surface area contributed by atoms with Gasteiger partial charge in [-0.05, 0) is 6.42 Å². The predicted octanol–water partition coefficient (Wildman–Crippen LogP) is 1.24. The summed E-state index contributed by atoms with van der Waals surface area (Å²) in [6.45, 7) is 2.72. The number of aliphatic hydroxyl groups excluding tert-OH is 3. The topological polar surface area (TPSA) is 79.2 Å². The summed E-state index contributed by atoms with van der Waals surface area (Å²) in [5.41, 5.74) is 0. The fourth-order valence-corrected chi connectivity index (χ4v) is 2.46. The van der Waals surface area contributed by atoms with Crippen LogP contribution in [0.2, 0.25) is 0 Å². The van der Waals surface area contributed by atoms with Crippen molar-refractivity contribution in [3.05, 3.63) is 0 Å². The molecule has 3 N–H and O–H groups in total. The molecule has 1 aliphatic rings. The first kappa shape index (κ1) is 17.9. The average molecular weight is 290 g/mol. The van der Waals surface area contributed by atoms with Gasteiger partial charge < -0.3 is 24.8 Å². The molecule has 0 radical (unpaired) electrons. The molecule has 0 aliphatic carbocycles. The molecule has 0 amide bonds. The van der Waals surface area contributed by atoms with Crippen molar-refractivity contribution in [3.63, 3.8) is 0 Å². The molecule has 1 heterocycles. The maximum absolute atomic E-state index is 9.87. The molecule has 20 heavy (non-hydrogen) atoms. The summed E-state index contributed by atoms with van der Waals surface area (Å²) in [6, 6.07) is 0. The summed E-state index contributed by atoms with van der Waals surface area (Å²) in [5.74, 6) is 0. The quantitative estimate of drug-likeness (QED) is 0.528. The molecule has 1 rings (SSSR count). The minimum absolute atomic E-state index is 0.222. The summed E-state index contributed by atoms with van der Waals surface area (Å²) in [4.78, 5) is 0. The van der Waals surface area contributed by atoms with Crippen LogP contribution in [0.15, 0.2) is 0 Å². The van der Waals surface area contributed by atoms with Crippen molar-refractivity contribution in [2.75, 3.05) is 19.8 Å². The van der Waals surface area contributed by atoms with E-state index in [1.807, 2.05) is 0 Å². The Labute approximate surface area is 121 Å². The number of unbranched alkanes of at least 4 members (excludes halogenated alkanes) is 6. The van der Waals surface area contributed by atoms with Gasteiger partial charge in [0, 0.05) is 6.61 Å². The lowest BCUT2D eigenvalue weighted by Gasteiger charge is -2.36. The van der Waals surface area contributed by atoms with Gasteiger partial charge in [-0.25, -0.2) is 0 Å². The Bertz CT molecular complexity index is 236. The Morgan fingerprint density at radius 1 is 1.00 bits per heavy atom. The third-order valence-corrected chi connectivity index (χ3v) is 3.85.